The summed E-state index contributed by atoms with van der Waals surface area (Å²) in [5, 5.41) is 6.61. The molecule has 0 bridgehead atoms. The van der Waals surface area contributed by atoms with E-state index in [0.717, 1.165) is 17.5 Å². The third-order valence-corrected chi connectivity index (χ3v) is 4.14. The van der Waals surface area contributed by atoms with Crippen LogP contribution in [-0.4, -0.2) is 22.4 Å². The number of hydrogen-bond acceptors (Lipinski definition) is 4. The van der Waals surface area contributed by atoms with Crippen LogP contribution in [0.25, 0.3) is 0 Å². The average molecular weight is 385 g/mol. The molecule has 1 heterocycles. The minimum atomic E-state index is -0.334. The number of nitrogens with one attached hydrogen (secondary N) is 2. The van der Waals surface area contributed by atoms with Crippen LogP contribution in [0.1, 0.15) is 21.6 Å². The molecule has 5 nitrogen and oxygen atoms in total. The molecule has 7 heteroatoms. The fourth-order valence-electron chi connectivity index (χ4n) is 2.40. The van der Waals surface area contributed by atoms with E-state index < -0.39 is 0 Å². The largest absolute Gasteiger partial charge is 0.368 e. The molecule has 0 unspecified atom stereocenters. The molecule has 2 aromatic carbocycles. The molecular formula is C20H18ClFN4O. The van der Waals surface area contributed by atoms with Crippen molar-refractivity contribution in [1.29, 1.82) is 0 Å². The maximum Gasteiger partial charge on any atom is 0.271 e. The molecule has 0 radical (unpaired) electrons. The highest BCUT2D eigenvalue weighted by molar-refractivity contribution is 6.30. The second-order valence-electron chi connectivity index (χ2n) is 5.90. The van der Waals surface area contributed by atoms with Gasteiger partial charge in [-0.1, -0.05) is 35.9 Å². The van der Waals surface area contributed by atoms with Gasteiger partial charge in [0.2, 0.25) is 0 Å². The summed E-state index contributed by atoms with van der Waals surface area (Å²) in [5.74, 6) is -0.0475. The van der Waals surface area contributed by atoms with Crippen molar-refractivity contribution >= 4 is 23.3 Å². The molecule has 2 N–H and O–H groups in total. The van der Waals surface area contributed by atoms with E-state index in [1.54, 1.807) is 12.1 Å². The molecule has 0 aliphatic carbocycles. The molecule has 0 atom stereocenters. The van der Waals surface area contributed by atoms with Gasteiger partial charge in [-0.05, 0) is 41.8 Å². The lowest BCUT2D eigenvalue weighted by Gasteiger charge is -2.07. The van der Waals surface area contributed by atoms with Gasteiger partial charge in [-0.2, -0.15) is 0 Å². The van der Waals surface area contributed by atoms with Crippen LogP contribution in [0, 0.1) is 5.82 Å². The Morgan fingerprint density at radius 1 is 0.963 bits per heavy atom. The number of amides is 1. The second-order valence-corrected chi connectivity index (χ2v) is 6.34. The molecule has 0 fully saturated rings. The Kier molecular flexibility index (Phi) is 6.33. The Balaban J connectivity index is 1.46. The van der Waals surface area contributed by atoms with Crippen LogP contribution in [0.5, 0.6) is 0 Å². The normalized spacial score (nSPS) is 10.4. The van der Waals surface area contributed by atoms with E-state index in [-0.39, 0.29) is 17.4 Å². The molecule has 0 aliphatic heterocycles. The van der Waals surface area contributed by atoms with Crippen molar-refractivity contribution in [3.8, 4) is 0 Å². The number of anilines is 1. The summed E-state index contributed by atoms with van der Waals surface area (Å²) in [7, 11) is 0. The Labute approximate surface area is 161 Å². The van der Waals surface area contributed by atoms with Crippen molar-refractivity contribution in [2.24, 2.45) is 0 Å². The van der Waals surface area contributed by atoms with E-state index in [0.29, 0.717) is 23.9 Å². The molecule has 27 heavy (non-hydrogen) atoms. The van der Waals surface area contributed by atoms with Crippen molar-refractivity contribution in [2.75, 3.05) is 11.9 Å². The molecule has 3 aromatic rings. The molecule has 1 amide bonds. The smallest absolute Gasteiger partial charge is 0.271 e. The van der Waals surface area contributed by atoms with Crippen LogP contribution in [0.4, 0.5) is 10.2 Å². The Morgan fingerprint density at radius 2 is 1.67 bits per heavy atom. The van der Waals surface area contributed by atoms with Crippen LogP contribution in [0.2, 0.25) is 5.02 Å². The van der Waals surface area contributed by atoms with Gasteiger partial charge in [0.1, 0.15) is 17.3 Å². The van der Waals surface area contributed by atoms with Gasteiger partial charge in [-0.25, -0.2) is 14.4 Å². The van der Waals surface area contributed by atoms with Gasteiger partial charge in [0.25, 0.3) is 5.91 Å². The zero-order valence-electron chi connectivity index (χ0n) is 14.5. The van der Waals surface area contributed by atoms with Crippen LogP contribution in [0.15, 0.2) is 60.9 Å². The van der Waals surface area contributed by atoms with Crippen molar-refractivity contribution in [3.05, 3.63) is 88.6 Å². The standard InChI is InChI=1S/C20H18ClFN4O/c21-16-5-1-14(2-6-16)9-10-23-19-13-24-18(12-25-19)20(27)26-11-15-3-7-17(22)8-4-15/h1-8,12-13H,9-11H2,(H,23,25)(H,26,27). The summed E-state index contributed by atoms with van der Waals surface area (Å²) in [5.41, 5.74) is 2.19. The number of benzene rings is 2. The number of carbonyl (C=O) groups excluding carboxylic acids is 1. The number of rotatable bonds is 7. The van der Waals surface area contributed by atoms with E-state index in [4.69, 9.17) is 11.6 Å². The maximum absolute atomic E-state index is 12.9. The second kappa shape index (κ2) is 9.09. The number of aromatic nitrogens is 2. The molecule has 0 spiro atoms. The van der Waals surface area contributed by atoms with Crippen LogP contribution < -0.4 is 10.6 Å². The van der Waals surface area contributed by atoms with Gasteiger partial charge < -0.3 is 10.6 Å². The Morgan fingerprint density at radius 3 is 2.33 bits per heavy atom. The quantitative estimate of drug-likeness (QED) is 0.649. The summed E-state index contributed by atoms with van der Waals surface area (Å²) >= 11 is 5.86. The van der Waals surface area contributed by atoms with E-state index in [9.17, 15) is 9.18 Å². The molecule has 138 valence electrons. The third kappa shape index (κ3) is 5.76. The monoisotopic (exact) mass is 384 g/mol. The first kappa shape index (κ1) is 18.8. The van der Waals surface area contributed by atoms with E-state index in [1.165, 1.54) is 24.5 Å². The zero-order valence-corrected chi connectivity index (χ0v) is 15.2. The minimum Gasteiger partial charge on any atom is -0.368 e. The molecule has 3 rings (SSSR count). The molecule has 0 saturated heterocycles. The average Bonchev–Trinajstić information content (AvgIpc) is 2.69. The lowest BCUT2D eigenvalue weighted by atomic mass is 10.1. The lowest BCUT2D eigenvalue weighted by Crippen LogP contribution is -2.24. The van der Waals surface area contributed by atoms with E-state index in [2.05, 4.69) is 20.6 Å². The van der Waals surface area contributed by atoms with Crippen LogP contribution >= 0.6 is 11.6 Å². The Bertz CT molecular complexity index is 883. The van der Waals surface area contributed by atoms with Gasteiger partial charge in [0, 0.05) is 18.1 Å². The third-order valence-electron chi connectivity index (χ3n) is 3.88. The van der Waals surface area contributed by atoms with Crippen LogP contribution in [0.3, 0.4) is 0 Å². The van der Waals surface area contributed by atoms with Crippen molar-refractivity contribution in [1.82, 2.24) is 15.3 Å². The molecular weight excluding hydrogens is 367 g/mol. The predicted molar refractivity (Wildman–Crippen MR) is 103 cm³/mol. The van der Waals surface area contributed by atoms with Gasteiger partial charge in [0.05, 0.1) is 12.4 Å². The van der Waals surface area contributed by atoms with Crippen molar-refractivity contribution in [2.45, 2.75) is 13.0 Å². The first-order chi connectivity index (χ1) is 13.1. The Hall–Kier alpha value is -2.99. The maximum atomic E-state index is 12.9. The van der Waals surface area contributed by atoms with Crippen molar-refractivity contribution < 1.29 is 9.18 Å². The highest BCUT2D eigenvalue weighted by Crippen LogP contribution is 2.10. The van der Waals surface area contributed by atoms with Gasteiger partial charge in [-0.3, -0.25) is 4.79 Å². The highest BCUT2D eigenvalue weighted by atomic mass is 35.5. The first-order valence-corrected chi connectivity index (χ1v) is 8.81. The number of hydrogen-bond donors (Lipinski definition) is 2. The molecule has 0 aliphatic rings. The van der Waals surface area contributed by atoms with Crippen LogP contribution in [-0.2, 0) is 13.0 Å². The van der Waals surface area contributed by atoms with E-state index >= 15 is 0 Å². The topological polar surface area (TPSA) is 66.9 Å². The summed E-state index contributed by atoms with van der Waals surface area (Å²) in [6.45, 7) is 0.980. The molecule has 1 aromatic heterocycles. The minimum absolute atomic E-state index is 0.223. The summed E-state index contributed by atoms with van der Waals surface area (Å²) in [4.78, 5) is 20.4. The number of nitrogens with zero attached hydrogens (tertiary/aromatic N) is 2. The van der Waals surface area contributed by atoms with E-state index in [1.807, 2.05) is 24.3 Å². The predicted octanol–water partition coefficient (Wildman–Crippen LogP) is 3.85. The highest BCUT2D eigenvalue weighted by Gasteiger charge is 2.08. The van der Waals surface area contributed by atoms with Crippen molar-refractivity contribution in [3.63, 3.8) is 0 Å². The van der Waals surface area contributed by atoms with Gasteiger partial charge >= 0.3 is 0 Å². The number of carbonyl (C=O) groups is 1. The lowest BCUT2D eigenvalue weighted by molar-refractivity contribution is 0.0945. The van der Waals surface area contributed by atoms with Gasteiger partial charge in [0.15, 0.2) is 0 Å². The molecule has 0 saturated carbocycles. The SMILES string of the molecule is O=C(NCc1ccc(F)cc1)c1cnc(NCCc2ccc(Cl)cc2)cn1. The van der Waals surface area contributed by atoms with Gasteiger partial charge in [-0.15, -0.1) is 0 Å². The summed E-state index contributed by atoms with van der Waals surface area (Å²) < 4.78 is 12.9. The first-order valence-electron chi connectivity index (χ1n) is 8.43. The summed E-state index contributed by atoms with van der Waals surface area (Å²) in [6.07, 6.45) is 3.76. The number of halogens is 2. The fraction of sp³-hybridized carbons (Fsp3) is 0.150. The zero-order chi connectivity index (χ0) is 19.1. The fourth-order valence-corrected chi connectivity index (χ4v) is 2.52. The summed E-state index contributed by atoms with van der Waals surface area (Å²) in [6, 6.07) is 13.6.